The number of rotatable bonds is 7. The fourth-order valence-corrected chi connectivity index (χ4v) is 4.76. The Hall–Kier alpha value is -3.84. The fraction of sp³-hybridized carbons (Fsp3) is 0.185. The molecule has 1 aliphatic rings. The zero-order chi connectivity index (χ0) is 23.5. The Morgan fingerprint density at radius 1 is 0.912 bits per heavy atom. The van der Waals surface area contributed by atoms with Gasteiger partial charge in [-0.25, -0.2) is 0 Å². The third kappa shape index (κ3) is 4.10. The predicted octanol–water partition coefficient (Wildman–Crippen LogP) is 5.46. The molecule has 2 aromatic heterocycles. The van der Waals surface area contributed by atoms with Crippen LogP contribution in [0.25, 0.3) is 5.69 Å². The maximum atomic E-state index is 5.86. The maximum absolute atomic E-state index is 5.86. The van der Waals surface area contributed by atoms with Gasteiger partial charge in [0.1, 0.15) is 17.5 Å². The molecule has 6 nitrogen and oxygen atoms in total. The monoisotopic (exact) mass is 470 g/mol. The van der Waals surface area contributed by atoms with Crippen LogP contribution in [0.4, 0.5) is 5.69 Å². The van der Waals surface area contributed by atoms with E-state index < -0.39 is 0 Å². The highest BCUT2D eigenvalue weighted by atomic mass is 32.1. The zero-order valence-corrected chi connectivity index (χ0v) is 19.9. The van der Waals surface area contributed by atoms with E-state index in [2.05, 4.69) is 50.2 Å². The molecule has 0 spiro atoms. The molecule has 0 aliphatic carbocycles. The van der Waals surface area contributed by atoms with Gasteiger partial charge >= 0.3 is 0 Å². The first-order chi connectivity index (χ1) is 16.7. The highest BCUT2D eigenvalue weighted by molar-refractivity contribution is 7.80. The number of ether oxygens (including phenoxy) is 2. The summed E-state index contributed by atoms with van der Waals surface area (Å²) in [6.07, 6.45) is 3.89. The molecule has 172 valence electrons. The molecular formula is C27H26N4O2S. The molecule has 2 aromatic carbocycles. The molecule has 3 heterocycles. The number of methoxy groups -OCH3 is 1. The Morgan fingerprint density at radius 2 is 1.65 bits per heavy atom. The second-order valence-corrected chi connectivity index (χ2v) is 8.31. The van der Waals surface area contributed by atoms with Gasteiger partial charge in [0.05, 0.1) is 25.5 Å². The fourth-order valence-electron chi connectivity index (χ4n) is 4.42. The summed E-state index contributed by atoms with van der Waals surface area (Å²) < 4.78 is 13.2. The highest BCUT2D eigenvalue weighted by Crippen LogP contribution is 2.42. The van der Waals surface area contributed by atoms with Gasteiger partial charge in [0.2, 0.25) is 0 Å². The first kappa shape index (κ1) is 22.0. The molecule has 1 N–H and O–H groups in total. The van der Waals surface area contributed by atoms with Crippen LogP contribution in [0.1, 0.15) is 30.4 Å². The quantitative estimate of drug-likeness (QED) is 0.362. The van der Waals surface area contributed by atoms with Crippen LogP contribution in [0.15, 0.2) is 91.3 Å². The molecule has 5 rings (SSSR count). The normalized spacial score (nSPS) is 17.5. The Balaban J connectivity index is 1.60. The lowest BCUT2D eigenvalue weighted by Gasteiger charge is -2.29. The van der Waals surface area contributed by atoms with E-state index in [1.165, 1.54) is 0 Å². The van der Waals surface area contributed by atoms with Crippen molar-refractivity contribution in [1.29, 1.82) is 0 Å². The van der Waals surface area contributed by atoms with E-state index in [1.807, 2.05) is 67.7 Å². The van der Waals surface area contributed by atoms with Crippen molar-refractivity contribution in [1.82, 2.24) is 14.9 Å². The molecule has 4 aromatic rings. The van der Waals surface area contributed by atoms with E-state index in [4.69, 9.17) is 21.7 Å². The van der Waals surface area contributed by atoms with Crippen molar-refractivity contribution in [2.24, 2.45) is 0 Å². The molecule has 1 aliphatic heterocycles. The van der Waals surface area contributed by atoms with Gasteiger partial charge in [-0.15, -0.1) is 0 Å². The number of anilines is 1. The number of aromatic nitrogens is 2. The summed E-state index contributed by atoms with van der Waals surface area (Å²) in [5, 5.41) is 4.18. The molecular weight excluding hydrogens is 444 g/mol. The molecule has 0 radical (unpaired) electrons. The maximum Gasteiger partial charge on any atom is 0.174 e. The van der Waals surface area contributed by atoms with Crippen molar-refractivity contribution in [3.8, 4) is 17.2 Å². The van der Waals surface area contributed by atoms with E-state index in [-0.39, 0.29) is 12.1 Å². The van der Waals surface area contributed by atoms with Gasteiger partial charge in [0.15, 0.2) is 5.11 Å². The molecule has 0 bridgehead atoms. The third-order valence-electron chi connectivity index (χ3n) is 5.96. The third-order valence-corrected chi connectivity index (χ3v) is 6.27. The number of hydrogen-bond donors (Lipinski definition) is 1. The molecule has 1 fully saturated rings. The number of nitrogens with one attached hydrogen (secondary N) is 1. The topological polar surface area (TPSA) is 51.5 Å². The van der Waals surface area contributed by atoms with Gasteiger partial charge in [-0.1, -0.05) is 6.07 Å². The van der Waals surface area contributed by atoms with E-state index in [0.29, 0.717) is 11.7 Å². The van der Waals surface area contributed by atoms with Gasteiger partial charge < -0.3 is 24.3 Å². The standard InChI is InChI=1S/C27H26N4O2S/c1-3-33-22-15-11-20(12-16-22)31-26(25(29-27(31)34)23-7-4-5-17-28-23)24-8-6-18-30(24)19-9-13-21(32-2)14-10-19/h4-18,25-26H,3H2,1-2H3,(H,29,34)/t25-,26+/m1/s1. The van der Waals surface area contributed by atoms with Crippen molar-refractivity contribution in [2.45, 2.75) is 19.0 Å². The summed E-state index contributed by atoms with van der Waals surface area (Å²) in [6.45, 7) is 2.61. The van der Waals surface area contributed by atoms with E-state index in [0.717, 1.165) is 34.3 Å². The van der Waals surface area contributed by atoms with Crippen LogP contribution >= 0.6 is 12.2 Å². The average Bonchev–Trinajstić information content (AvgIpc) is 3.50. The first-order valence-corrected chi connectivity index (χ1v) is 11.7. The minimum absolute atomic E-state index is 0.113. The van der Waals surface area contributed by atoms with E-state index >= 15 is 0 Å². The molecule has 0 amide bonds. The minimum Gasteiger partial charge on any atom is -0.497 e. The Kier molecular flexibility index (Phi) is 6.18. The number of nitrogens with zero attached hydrogens (tertiary/aromatic N) is 3. The van der Waals surface area contributed by atoms with Gasteiger partial charge in [-0.3, -0.25) is 4.98 Å². The summed E-state index contributed by atoms with van der Waals surface area (Å²) in [4.78, 5) is 6.82. The van der Waals surface area contributed by atoms with Gasteiger partial charge in [0.25, 0.3) is 0 Å². The summed E-state index contributed by atoms with van der Waals surface area (Å²) in [6, 6.07) is 26.1. The van der Waals surface area contributed by atoms with Crippen molar-refractivity contribution in [2.75, 3.05) is 18.6 Å². The van der Waals surface area contributed by atoms with Crippen LogP contribution < -0.4 is 19.7 Å². The summed E-state index contributed by atoms with van der Waals surface area (Å²) >= 11 is 5.86. The first-order valence-electron chi connectivity index (χ1n) is 11.2. The van der Waals surface area contributed by atoms with E-state index in [1.54, 1.807) is 7.11 Å². The molecule has 1 saturated heterocycles. The lowest BCUT2D eigenvalue weighted by molar-refractivity contribution is 0.340. The highest BCUT2D eigenvalue weighted by Gasteiger charge is 2.42. The van der Waals surface area contributed by atoms with Crippen LogP contribution in [-0.2, 0) is 0 Å². The number of benzene rings is 2. The number of thiocarbonyl (C=S) groups is 1. The van der Waals surface area contributed by atoms with Crippen molar-refractivity contribution < 1.29 is 9.47 Å². The van der Waals surface area contributed by atoms with Gasteiger partial charge in [0, 0.05) is 29.5 Å². The molecule has 0 unspecified atom stereocenters. The second-order valence-electron chi connectivity index (χ2n) is 7.92. The Labute approximate surface area is 204 Å². The van der Waals surface area contributed by atoms with Crippen molar-refractivity contribution in [3.05, 3.63) is 103 Å². The average molecular weight is 471 g/mol. The zero-order valence-electron chi connectivity index (χ0n) is 19.1. The number of pyridine rings is 1. The summed E-state index contributed by atoms with van der Waals surface area (Å²) in [7, 11) is 1.67. The molecule has 0 saturated carbocycles. The van der Waals surface area contributed by atoms with Crippen LogP contribution in [0, 0.1) is 0 Å². The predicted molar refractivity (Wildman–Crippen MR) is 138 cm³/mol. The lowest BCUT2D eigenvalue weighted by Crippen LogP contribution is -2.30. The lowest BCUT2D eigenvalue weighted by atomic mass is 10.0. The molecule has 34 heavy (non-hydrogen) atoms. The second kappa shape index (κ2) is 9.57. The Morgan fingerprint density at radius 3 is 2.32 bits per heavy atom. The van der Waals surface area contributed by atoms with Gasteiger partial charge in [-0.05, 0) is 91.9 Å². The SMILES string of the molecule is CCOc1ccc(N2C(=S)N[C@H](c3ccccn3)[C@@H]2c2cccn2-c2ccc(OC)cc2)cc1. The van der Waals surface area contributed by atoms with Crippen LogP contribution in [0.5, 0.6) is 11.5 Å². The van der Waals surface area contributed by atoms with E-state index in [9.17, 15) is 0 Å². The molecule has 7 heteroatoms. The van der Waals surface area contributed by atoms with Crippen LogP contribution in [-0.4, -0.2) is 28.4 Å². The van der Waals surface area contributed by atoms with Crippen molar-refractivity contribution in [3.63, 3.8) is 0 Å². The van der Waals surface area contributed by atoms with Crippen LogP contribution in [0.2, 0.25) is 0 Å². The Bertz CT molecular complexity index is 1260. The number of hydrogen-bond acceptors (Lipinski definition) is 4. The van der Waals surface area contributed by atoms with Gasteiger partial charge in [-0.2, -0.15) is 0 Å². The summed E-state index contributed by atoms with van der Waals surface area (Å²) in [5.74, 6) is 1.66. The minimum atomic E-state index is -0.118. The largest absolute Gasteiger partial charge is 0.497 e. The van der Waals surface area contributed by atoms with Crippen LogP contribution in [0.3, 0.4) is 0 Å². The summed E-state index contributed by atoms with van der Waals surface area (Å²) in [5.41, 5.74) is 4.07. The smallest absolute Gasteiger partial charge is 0.174 e. The molecule has 2 atom stereocenters. The van der Waals surface area contributed by atoms with Crippen molar-refractivity contribution >= 4 is 23.0 Å².